The normalized spacial score (nSPS) is 9.00. The van der Waals surface area contributed by atoms with E-state index in [-0.39, 0.29) is 0 Å². The molecule has 0 bridgehead atoms. The Morgan fingerprint density at radius 2 is 1.73 bits per heavy atom. The van der Waals surface area contributed by atoms with Gasteiger partial charge in [-0.2, -0.15) is 10.2 Å². The summed E-state index contributed by atoms with van der Waals surface area (Å²) < 4.78 is 0. The molecule has 0 saturated carbocycles. The Bertz CT molecular complexity index is 383. The van der Waals surface area contributed by atoms with Crippen molar-refractivity contribution < 1.29 is 0 Å². The summed E-state index contributed by atoms with van der Waals surface area (Å²) in [4.78, 5) is 7.74. The van der Waals surface area contributed by atoms with Crippen molar-refractivity contribution in [2.45, 2.75) is 20.8 Å². The molecule has 0 saturated heterocycles. The third-order valence-electron chi connectivity index (χ3n) is 1.61. The van der Waals surface area contributed by atoms with Gasteiger partial charge in [0.15, 0.2) is 0 Å². The van der Waals surface area contributed by atoms with E-state index in [1.165, 1.54) is 0 Å². The number of hydrogen-bond acceptors (Lipinski definition) is 4. The zero-order chi connectivity index (χ0) is 11.1. The van der Waals surface area contributed by atoms with Crippen LogP contribution < -0.4 is 0 Å². The van der Waals surface area contributed by atoms with Gasteiger partial charge in [-0.3, -0.25) is 9.97 Å². The molecule has 2 heterocycles. The van der Waals surface area contributed by atoms with Crippen molar-refractivity contribution in [2.24, 2.45) is 0 Å². The molecule has 0 aliphatic heterocycles. The first-order chi connectivity index (χ1) is 7.18. The van der Waals surface area contributed by atoms with Crippen LogP contribution in [0.3, 0.4) is 0 Å². The Morgan fingerprint density at radius 3 is 2.07 bits per heavy atom. The van der Waals surface area contributed by atoms with Crippen LogP contribution in [0.2, 0.25) is 0 Å². The molecular formula is C11H14N4. The topological polar surface area (TPSA) is 51.6 Å². The number of hydrogen-bond donors (Lipinski definition) is 0. The van der Waals surface area contributed by atoms with Crippen LogP contribution in [0, 0.1) is 20.8 Å². The molecule has 2 aromatic rings. The predicted octanol–water partition coefficient (Wildman–Crippen LogP) is 1.88. The van der Waals surface area contributed by atoms with Gasteiger partial charge in [-0.05, 0) is 32.4 Å². The average Bonchev–Trinajstić information content (AvgIpc) is 2.19. The predicted molar refractivity (Wildman–Crippen MR) is 58.3 cm³/mol. The first-order valence-corrected chi connectivity index (χ1v) is 4.67. The van der Waals surface area contributed by atoms with Crippen molar-refractivity contribution in [3.8, 4) is 0 Å². The van der Waals surface area contributed by atoms with Gasteiger partial charge in [-0.25, -0.2) is 0 Å². The van der Waals surface area contributed by atoms with Gasteiger partial charge in [0.1, 0.15) is 0 Å². The molecule has 0 radical (unpaired) electrons. The van der Waals surface area contributed by atoms with Crippen LogP contribution in [0.4, 0.5) is 0 Å². The number of aryl methyl sites for hydroxylation is 3. The van der Waals surface area contributed by atoms with E-state index in [0.29, 0.717) is 0 Å². The van der Waals surface area contributed by atoms with E-state index in [1.807, 2.05) is 26.8 Å². The third kappa shape index (κ3) is 4.81. The smallest absolute Gasteiger partial charge is 0.0602 e. The van der Waals surface area contributed by atoms with Gasteiger partial charge >= 0.3 is 0 Å². The molecule has 78 valence electrons. The number of aromatic nitrogens is 4. The van der Waals surface area contributed by atoms with Gasteiger partial charge in [0.05, 0.1) is 17.6 Å². The third-order valence-corrected chi connectivity index (χ3v) is 1.61. The fraction of sp³-hybridized carbons (Fsp3) is 0.273. The molecule has 2 rings (SSSR count). The quantitative estimate of drug-likeness (QED) is 0.654. The first-order valence-electron chi connectivity index (χ1n) is 4.67. The van der Waals surface area contributed by atoms with Crippen LogP contribution in [0.5, 0.6) is 0 Å². The molecule has 0 fully saturated rings. The summed E-state index contributed by atoms with van der Waals surface area (Å²) in [5.41, 5.74) is 3.10. The van der Waals surface area contributed by atoms with E-state index in [0.717, 1.165) is 17.0 Å². The Morgan fingerprint density at radius 1 is 0.933 bits per heavy atom. The van der Waals surface area contributed by atoms with Crippen LogP contribution in [0.1, 0.15) is 17.0 Å². The summed E-state index contributed by atoms with van der Waals surface area (Å²) in [7, 11) is 0. The molecular weight excluding hydrogens is 188 g/mol. The summed E-state index contributed by atoms with van der Waals surface area (Å²) in [6, 6.07) is 1.99. The van der Waals surface area contributed by atoms with Crippen LogP contribution >= 0.6 is 0 Å². The lowest BCUT2D eigenvalue weighted by Gasteiger charge is -1.88. The zero-order valence-electron chi connectivity index (χ0n) is 9.18. The van der Waals surface area contributed by atoms with E-state index >= 15 is 0 Å². The van der Waals surface area contributed by atoms with E-state index < -0.39 is 0 Å². The molecule has 0 aliphatic rings. The Balaban J connectivity index is 0.000000151. The van der Waals surface area contributed by atoms with Gasteiger partial charge < -0.3 is 0 Å². The van der Waals surface area contributed by atoms with Gasteiger partial charge in [0.2, 0.25) is 0 Å². The van der Waals surface area contributed by atoms with Crippen molar-refractivity contribution in [3.63, 3.8) is 0 Å². The minimum absolute atomic E-state index is 0.961. The largest absolute Gasteiger partial charge is 0.261 e. The molecule has 0 spiro atoms. The summed E-state index contributed by atoms with van der Waals surface area (Å²) >= 11 is 0. The fourth-order valence-electron chi connectivity index (χ4n) is 0.980. The maximum atomic E-state index is 3.92. The van der Waals surface area contributed by atoms with Crippen LogP contribution in [-0.2, 0) is 0 Å². The van der Waals surface area contributed by atoms with Crippen LogP contribution in [0.25, 0.3) is 0 Å². The van der Waals surface area contributed by atoms with Crippen molar-refractivity contribution in [3.05, 3.63) is 47.8 Å². The van der Waals surface area contributed by atoms with E-state index in [9.17, 15) is 0 Å². The van der Waals surface area contributed by atoms with Gasteiger partial charge in [0.25, 0.3) is 0 Å². The monoisotopic (exact) mass is 202 g/mol. The molecule has 0 N–H and O–H groups in total. The minimum atomic E-state index is 0.961. The summed E-state index contributed by atoms with van der Waals surface area (Å²) in [6.45, 7) is 5.84. The van der Waals surface area contributed by atoms with E-state index in [1.54, 1.807) is 24.8 Å². The lowest BCUT2D eigenvalue weighted by atomic mass is 10.3. The second-order valence-electron chi connectivity index (χ2n) is 3.22. The Kier molecular flexibility index (Phi) is 4.34. The molecule has 0 atom stereocenters. The average molecular weight is 202 g/mol. The van der Waals surface area contributed by atoms with Gasteiger partial charge in [0, 0.05) is 18.6 Å². The van der Waals surface area contributed by atoms with Crippen LogP contribution in [-0.4, -0.2) is 20.2 Å². The molecule has 0 unspecified atom stereocenters. The maximum absolute atomic E-state index is 3.92. The fourth-order valence-corrected chi connectivity index (χ4v) is 0.980. The number of rotatable bonds is 0. The standard InChI is InChI=1S/C6H8N2.C5H6N2/c1-5-3-6(2)8-7-4-5;1-5-4-6-2-3-7-5/h3-4H,1-2H3;2-4H,1H3. The second-order valence-corrected chi connectivity index (χ2v) is 3.22. The first kappa shape index (κ1) is 11.2. The summed E-state index contributed by atoms with van der Waals surface area (Å²) in [6.07, 6.45) is 6.80. The van der Waals surface area contributed by atoms with E-state index in [2.05, 4.69) is 20.2 Å². The summed E-state index contributed by atoms with van der Waals surface area (Å²) in [5.74, 6) is 0. The van der Waals surface area contributed by atoms with E-state index in [4.69, 9.17) is 0 Å². The lowest BCUT2D eigenvalue weighted by Crippen LogP contribution is -1.84. The molecule has 0 aromatic carbocycles. The zero-order valence-corrected chi connectivity index (χ0v) is 9.18. The van der Waals surface area contributed by atoms with Gasteiger partial charge in [-0.1, -0.05) is 0 Å². The Hall–Kier alpha value is -1.84. The molecule has 4 nitrogen and oxygen atoms in total. The maximum Gasteiger partial charge on any atom is 0.0602 e. The van der Waals surface area contributed by atoms with Crippen LogP contribution in [0.15, 0.2) is 30.9 Å². The molecule has 0 aliphatic carbocycles. The van der Waals surface area contributed by atoms with Crippen molar-refractivity contribution >= 4 is 0 Å². The molecule has 2 aromatic heterocycles. The highest BCUT2D eigenvalue weighted by atomic mass is 15.1. The number of nitrogens with zero attached hydrogens (tertiary/aromatic N) is 4. The van der Waals surface area contributed by atoms with Gasteiger partial charge in [-0.15, -0.1) is 0 Å². The minimum Gasteiger partial charge on any atom is -0.261 e. The molecule has 0 amide bonds. The highest BCUT2D eigenvalue weighted by molar-refractivity contribution is 5.08. The second kappa shape index (κ2) is 5.80. The Labute approximate surface area is 89.4 Å². The summed E-state index contributed by atoms with van der Waals surface area (Å²) in [5, 5.41) is 7.52. The van der Waals surface area contributed by atoms with Crippen molar-refractivity contribution in [1.82, 2.24) is 20.2 Å². The molecule has 15 heavy (non-hydrogen) atoms. The van der Waals surface area contributed by atoms with Crippen molar-refractivity contribution in [2.75, 3.05) is 0 Å². The highest BCUT2D eigenvalue weighted by Gasteiger charge is 1.83. The SMILES string of the molecule is Cc1cnccn1.Cc1cnnc(C)c1. The van der Waals surface area contributed by atoms with Crippen molar-refractivity contribution in [1.29, 1.82) is 0 Å². The molecule has 4 heteroatoms. The lowest BCUT2D eigenvalue weighted by molar-refractivity contribution is 0.966. The highest BCUT2D eigenvalue weighted by Crippen LogP contribution is 1.93.